The van der Waals surface area contributed by atoms with Gasteiger partial charge in [0.2, 0.25) is 0 Å². The summed E-state index contributed by atoms with van der Waals surface area (Å²) in [4.78, 5) is 0.905. The van der Waals surface area contributed by atoms with E-state index in [4.69, 9.17) is 0 Å². The maximum atomic E-state index is 3.95. The third kappa shape index (κ3) is 0.670. The van der Waals surface area contributed by atoms with Gasteiger partial charge in [-0.1, -0.05) is 41.6 Å². The van der Waals surface area contributed by atoms with E-state index in [1.54, 1.807) is 0 Å². The molecule has 0 aromatic carbocycles. The van der Waals surface area contributed by atoms with E-state index in [1.165, 1.54) is 51.4 Å². The molecule has 0 amide bonds. The molecule has 0 bridgehead atoms. The molecule has 0 aromatic heterocycles. The van der Waals surface area contributed by atoms with Crippen LogP contribution >= 0.6 is 15.9 Å². The molecule has 0 radical (unpaired) electrons. The van der Waals surface area contributed by atoms with Crippen molar-refractivity contribution < 1.29 is 0 Å². The molecule has 0 heterocycles. The molecule has 0 N–H and O–H groups in total. The number of halogens is 1. The van der Waals surface area contributed by atoms with Crippen molar-refractivity contribution in [1.82, 2.24) is 0 Å². The largest absolute Gasteiger partial charge is 0.0878 e. The Hall–Kier alpha value is 0.480. The maximum absolute atomic E-state index is 3.95. The van der Waals surface area contributed by atoms with E-state index in [-0.39, 0.29) is 0 Å². The predicted octanol–water partition coefficient (Wildman–Crippen LogP) is 3.88. The molecule has 3 fully saturated rings. The Bertz CT molecular complexity index is 175. The number of hydrogen-bond donors (Lipinski definition) is 0. The molecule has 12 heavy (non-hydrogen) atoms. The second-order valence-electron chi connectivity index (χ2n) is 5.09. The van der Waals surface area contributed by atoms with Gasteiger partial charge in [-0.2, -0.15) is 0 Å². The summed E-state index contributed by atoms with van der Waals surface area (Å²) >= 11 is 3.95. The van der Waals surface area contributed by atoms with Crippen molar-refractivity contribution in [1.29, 1.82) is 0 Å². The lowest BCUT2D eigenvalue weighted by Gasteiger charge is -2.33. The van der Waals surface area contributed by atoms with Crippen LogP contribution in [-0.4, -0.2) is 4.83 Å². The van der Waals surface area contributed by atoms with Crippen LogP contribution < -0.4 is 0 Å². The van der Waals surface area contributed by atoms with Crippen LogP contribution in [0.1, 0.15) is 51.4 Å². The summed E-state index contributed by atoms with van der Waals surface area (Å²) in [6.07, 6.45) is 12.1. The highest BCUT2D eigenvalue weighted by atomic mass is 79.9. The Morgan fingerprint density at radius 2 is 1.08 bits per heavy atom. The Balaban J connectivity index is 1.95. The topological polar surface area (TPSA) is 0 Å². The quantitative estimate of drug-likeness (QED) is 0.553. The molecule has 3 aliphatic rings. The number of rotatable bonds is 0. The summed E-state index contributed by atoms with van der Waals surface area (Å²) in [7, 11) is 0. The first-order valence-electron chi connectivity index (χ1n) is 5.46. The van der Waals surface area contributed by atoms with Crippen molar-refractivity contribution in [2.45, 2.75) is 56.2 Å². The molecule has 0 spiro atoms. The Morgan fingerprint density at radius 1 is 0.750 bits per heavy atom. The van der Waals surface area contributed by atoms with Gasteiger partial charge in [0.15, 0.2) is 0 Å². The minimum Gasteiger partial charge on any atom is -0.0878 e. The van der Waals surface area contributed by atoms with E-state index >= 15 is 0 Å². The van der Waals surface area contributed by atoms with Gasteiger partial charge in [0.05, 0.1) is 0 Å². The molecule has 0 aromatic rings. The first-order valence-corrected chi connectivity index (χ1v) is 6.38. The van der Waals surface area contributed by atoms with Crippen LogP contribution in [0.2, 0.25) is 0 Å². The molecule has 0 atom stereocenters. The molecular formula is C11H17Br. The van der Waals surface area contributed by atoms with E-state index in [0.717, 1.165) is 15.7 Å². The zero-order chi connectivity index (χ0) is 8.23. The van der Waals surface area contributed by atoms with Gasteiger partial charge in [-0.15, -0.1) is 0 Å². The average Bonchev–Trinajstić information content (AvgIpc) is 2.69. The first kappa shape index (κ1) is 7.84. The zero-order valence-electron chi connectivity index (χ0n) is 7.61. The lowest BCUT2D eigenvalue weighted by Crippen LogP contribution is -2.22. The average molecular weight is 229 g/mol. The summed E-state index contributed by atoms with van der Waals surface area (Å²) in [6.45, 7) is 0. The molecule has 0 unspecified atom stereocenters. The van der Waals surface area contributed by atoms with Gasteiger partial charge >= 0.3 is 0 Å². The fraction of sp³-hybridized carbons (Fsp3) is 1.00. The molecule has 0 aliphatic heterocycles. The van der Waals surface area contributed by atoms with E-state index < -0.39 is 0 Å². The summed E-state index contributed by atoms with van der Waals surface area (Å²) in [5.74, 6) is 0. The minimum atomic E-state index is 0.795. The third-order valence-electron chi connectivity index (χ3n) is 4.87. The molecule has 3 rings (SSSR count). The van der Waals surface area contributed by atoms with Crippen molar-refractivity contribution in [3.8, 4) is 0 Å². The second-order valence-corrected chi connectivity index (χ2v) is 6.00. The van der Waals surface area contributed by atoms with E-state index in [9.17, 15) is 0 Å². The summed E-state index contributed by atoms with van der Waals surface area (Å²) < 4.78 is 0. The van der Waals surface area contributed by atoms with Crippen molar-refractivity contribution in [2.24, 2.45) is 10.8 Å². The molecule has 1 heteroatoms. The van der Waals surface area contributed by atoms with E-state index in [2.05, 4.69) is 15.9 Å². The molecule has 3 aliphatic carbocycles. The summed E-state index contributed by atoms with van der Waals surface area (Å²) in [5, 5.41) is 0. The standard InChI is InChI=1S/C11H17Br/c12-9-10-5-1-2-6-11(9,10)8-4-3-7-10/h9H,1-8H2. The van der Waals surface area contributed by atoms with Gasteiger partial charge in [0, 0.05) is 4.83 Å². The summed E-state index contributed by atoms with van der Waals surface area (Å²) in [5.41, 5.74) is 1.59. The number of hydrogen-bond acceptors (Lipinski definition) is 0. The smallest absolute Gasteiger partial charge is 0.0270 e. The number of alkyl halides is 1. The highest BCUT2D eigenvalue weighted by molar-refractivity contribution is 9.09. The Labute approximate surface area is 83.2 Å². The Kier molecular flexibility index (Phi) is 1.50. The normalized spacial score (nSPS) is 57.2. The van der Waals surface area contributed by atoms with Gasteiger partial charge < -0.3 is 0 Å². The summed E-state index contributed by atoms with van der Waals surface area (Å²) in [6, 6.07) is 0. The minimum absolute atomic E-state index is 0.795. The van der Waals surface area contributed by atoms with Crippen molar-refractivity contribution in [3.05, 3.63) is 0 Å². The van der Waals surface area contributed by atoms with Crippen molar-refractivity contribution in [3.63, 3.8) is 0 Å². The van der Waals surface area contributed by atoms with E-state index in [1.807, 2.05) is 0 Å². The lowest BCUT2D eigenvalue weighted by molar-refractivity contribution is 0.171. The molecule has 0 nitrogen and oxygen atoms in total. The lowest BCUT2D eigenvalue weighted by atomic mass is 9.71. The van der Waals surface area contributed by atoms with Crippen LogP contribution in [0.25, 0.3) is 0 Å². The highest BCUT2D eigenvalue weighted by Crippen LogP contribution is 2.79. The predicted molar refractivity (Wildman–Crippen MR) is 54.5 cm³/mol. The first-order chi connectivity index (χ1) is 5.82. The highest BCUT2D eigenvalue weighted by Gasteiger charge is 2.74. The van der Waals surface area contributed by atoms with Gasteiger partial charge in [-0.3, -0.25) is 0 Å². The molecule has 68 valence electrons. The van der Waals surface area contributed by atoms with Crippen molar-refractivity contribution in [2.75, 3.05) is 0 Å². The van der Waals surface area contributed by atoms with Gasteiger partial charge in [0.1, 0.15) is 0 Å². The molecule has 0 saturated heterocycles. The third-order valence-corrected chi connectivity index (χ3v) is 6.62. The fourth-order valence-corrected chi connectivity index (χ4v) is 5.89. The Morgan fingerprint density at radius 3 is 1.42 bits per heavy atom. The zero-order valence-corrected chi connectivity index (χ0v) is 9.20. The molecule has 3 saturated carbocycles. The van der Waals surface area contributed by atoms with Crippen LogP contribution in [0.15, 0.2) is 0 Å². The second kappa shape index (κ2) is 2.29. The van der Waals surface area contributed by atoms with Crippen LogP contribution in [0.3, 0.4) is 0 Å². The maximum Gasteiger partial charge on any atom is 0.0270 e. The van der Waals surface area contributed by atoms with Gasteiger partial charge in [-0.05, 0) is 36.5 Å². The van der Waals surface area contributed by atoms with E-state index in [0.29, 0.717) is 0 Å². The van der Waals surface area contributed by atoms with Crippen LogP contribution in [0, 0.1) is 10.8 Å². The monoisotopic (exact) mass is 228 g/mol. The van der Waals surface area contributed by atoms with Crippen LogP contribution in [0.5, 0.6) is 0 Å². The van der Waals surface area contributed by atoms with Crippen molar-refractivity contribution >= 4 is 15.9 Å². The fourth-order valence-electron chi connectivity index (χ4n) is 4.19. The SMILES string of the molecule is BrC1C23CCCCC12CCCC3. The molecular weight excluding hydrogens is 212 g/mol. The van der Waals surface area contributed by atoms with Gasteiger partial charge in [-0.25, -0.2) is 0 Å². The van der Waals surface area contributed by atoms with Gasteiger partial charge in [0.25, 0.3) is 0 Å². The van der Waals surface area contributed by atoms with Crippen LogP contribution in [0.4, 0.5) is 0 Å². The van der Waals surface area contributed by atoms with Crippen LogP contribution in [-0.2, 0) is 0 Å².